The number of hydrogen-bond acceptors (Lipinski definition) is 7. The highest BCUT2D eigenvalue weighted by atomic mass is 32.2. The molecule has 188 valence electrons. The van der Waals surface area contributed by atoms with Crippen LogP contribution in [0, 0.1) is 5.82 Å². The molecule has 1 N–H and O–H groups in total. The van der Waals surface area contributed by atoms with Gasteiger partial charge in [-0.05, 0) is 61.6 Å². The molecule has 0 aliphatic carbocycles. The maximum atomic E-state index is 13.2. The van der Waals surface area contributed by atoms with E-state index in [4.69, 9.17) is 9.47 Å². The Bertz CT molecular complexity index is 1240. The van der Waals surface area contributed by atoms with Crippen molar-refractivity contribution in [1.82, 2.24) is 10.2 Å². The molecule has 0 saturated heterocycles. The number of halogens is 1. The van der Waals surface area contributed by atoms with E-state index >= 15 is 0 Å². The van der Waals surface area contributed by atoms with Crippen LogP contribution in [0.25, 0.3) is 0 Å². The maximum absolute atomic E-state index is 13.2. The Labute approximate surface area is 214 Å². The number of allylic oxidation sites excluding steroid dienone is 1. The molecule has 0 bridgehead atoms. The van der Waals surface area contributed by atoms with Crippen LogP contribution in [-0.2, 0) is 20.9 Å². The number of amides is 1. The van der Waals surface area contributed by atoms with Crippen LogP contribution in [0.15, 0.2) is 75.9 Å². The van der Waals surface area contributed by atoms with Crippen LogP contribution >= 0.6 is 11.8 Å². The van der Waals surface area contributed by atoms with Gasteiger partial charge in [0.05, 0.1) is 36.9 Å². The average Bonchev–Trinajstić information content (AvgIpc) is 3.24. The van der Waals surface area contributed by atoms with Crippen LogP contribution in [0.2, 0.25) is 0 Å². The maximum Gasteiger partial charge on any atom is 0.338 e. The van der Waals surface area contributed by atoms with Crippen LogP contribution in [0.4, 0.5) is 4.39 Å². The summed E-state index contributed by atoms with van der Waals surface area (Å²) >= 11 is 1.41. The highest BCUT2D eigenvalue weighted by Gasteiger charge is 2.41. The highest BCUT2D eigenvalue weighted by Crippen LogP contribution is 2.45. The van der Waals surface area contributed by atoms with Crippen molar-refractivity contribution < 1.29 is 23.5 Å². The summed E-state index contributed by atoms with van der Waals surface area (Å²) in [6.07, 6.45) is -0.203. The van der Waals surface area contributed by atoms with Gasteiger partial charge in [-0.1, -0.05) is 36.0 Å². The molecule has 4 rings (SSSR count). The van der Waals surface area contributed by atoms with Crippen molar-refractivity contribution >= 4 is 28.8 Å². The lowest BCUT2D eigenvalue weighted by Gasteiger charge is -2.36. The number of ether oxygens (including phenoxy) is 2. The fraction of sp³-hybridized carbons (Fsp3) is 0.296. The van der Waals surface area contributed by atoms with Crippen molar-refractivity contribution in [3.8, 4) is 5.75 Å². The summed E-state index contributed by atoms with van der Waals surface area (Å²) in [5, 5.41) is 5.46. The first kappa shape index (κ1) is 25.5. The Balaban J connectivity index is 1.60. The average molecular weight is 510 g/mol. The van der Waals surface area contributed by atoms with Crippen LogP contribution in [-0.4, -0.2) is 35.2 Å². The Kier molecular flexibility index (Phi) is 7.79. The Hall–Kier alpha value is -3.59. The third-order valence-electron chi connectivity index (χ3n) is 5.74. The quantitative estimate of drug-likeness (QED) is 0.501. The second kappa shape index (κ2) is 11.0. The monoisotopic (exact) mass is 509 g/mol. The number of thioether (sulfide) groups is 1. The summed E-state index contributed by atoms with van der Waals surface area (Å²) in [7, 11) is 1.60. The molecule has 0 unspecified atom stereocenters. The van der Waals surface area contributed by atoms with Gasteiger partial charge in [-0.2, -0.15) is 0 Å². The van der Waals surface area contributed by atoms with Crippen molar-refractivity contribution in [3.63, 3.8) is 0 Å². The van der Waals surface area contributed by atoms with Crippen LogP contribution < -0.4 is 10.1 Å². The number of benzene rings is 2. The molecule has 0 spiro atoms. The number of nitrogens with zero attached hydrogens (tertiary/aromatic N) is 2. The van der Waals surface area contributed by atoms with E-state index in [0.717, 1.165) is 16.8 Å². The number of carbonyl (C=O) groups excluding carboxylic acids is 2. The van der Waals surface area contributed by atoms with E-state index in [1.165, 1.54) is 23.9 Å². The van der Waals surface area contributed by atoms with E-state index in [9.17, 15) is 14.0 Å². The Morgan fingerprint density at radius 2 is 1.83 bits per heavy atom. The zero-order valence-electron chi connectivity index (χ0n) is 20.6. The minimum Gasteiger partial charge on any atom is -0.497 e. The van der Waals surface area contributed by atoms with E-state index in [1.54, 1.807) is 40.0 Å². The first-order valence-corrected chi connectivity index (χ1v) is 12.4. The van der Waals surface area contributed by atoms with Crippen molar-refractivity contribution in [3.05, 3.63) is 87.9 Å². The van der Waals surface area contributed by atoms with Crippen molar-refractivity contribution in [2.75, 3.05) is 7.11 Å². The van der Waals surface area contributed by atoms with Crippen LogP contribution in [0.5, 0.6) is 5.75 Å². The van der Waals surface area contributed by atoms with E-state index in [2.05, 4.69) is 10.3 Å². The molecule has 0 fully saturated rings. The highest BCUT2D eigenvalue weighted by molar-refractivity contribution is 8.16. The van der Waals surface area contributed by atoms with E-state index < -0.39 is 12.0 Å². The summed E-state index contributed by atoms with van der Waals surface area (Å²) in [6, 6.07) is 13.0. The van der Waals surface area contributed by atoms with Crippen molar-refractivity contribution in [2.45, 2.75) is 45.9 Å². The Morgan fingerprint density at radius 1 is 1.14 bits per heavy atom. The first-order chi connectivity index (χ1) is 17.3. The lowest BCUT2D eigenvalue weighted by molar-refractivity contribution is -0.143. The molecular formula is C27H28FN3O4S. The summed E-state index contributed by atoms with van der Waals surface area (Å²) < 4.78 is 24.0. The van der Waals surface area contributed by atoms with Crippen molar-refractivity contribution in [1.29, 1.82) is 0 Å². The normalized spacial score (nSPS) is 16.9. The minimum atomic E-state index is -0.513. The predicted molar refractivity (Wildman–Crippen MR) is 137 cm³/mol. The predicted octanol–water partition coefficient (Wildman–Crippen LogP) is 5.07. The summed E-state index contributed by atoms with van der Waals surface area (Å²) in [6.45, 7) is 5.69. The molecule has 7 nitrogen and oxygen atoms in total. The fourth-order valence-corrected chi connectivity index (χ4v) is 5.00. The number of methoxy groups -OCH3 is 1. The van der Waals surface area contributed by atoms with E-state index in [1.807, 2.05) is 34.6 Å². The lowest BCUT2D eigenvalue weighted by atomic mass is 9.93. The summed E-state index contributed by atoms with van der Waals surface area (Å²) in [5.74, 6) is -0.265. The third kappa shape index (κ3) is 5.62. The number of esters is 1. The number of amidine groups is 1. The second-order valence-corrected chi connectivity index (χ2v) is 9.54. The number of carbonyl (C=O) groups is 2. The largest absolute Gasteiger partial charge is 0.497 e. The molecular weight excluding hydrogens is 481 g/mol. The molecule has 2 aromatic rings. The molecule has 1 amide bonds. The van der Waals surface area contributed by atoms with Gasteiger partial charge in [-0.15, -0.1) is 0 Å². The molecule has 1 atom stereocenters. The number of nitrogens with one attached hydrogen (secondary N) is 1. The smallest absolute Gasteiger partial charge is 0.338 e. The minimum absolute atomic E-state index is 0.0887. The van der Waals surface area contributed by atoms with Gasteiger partial charge in [-0.25, -0.2) is 14.2 Å². The van der Waals surface area contributed by atoms with Gasteiger partial charge in [0.25, 0.3) is 0 Å². The molecule has 2 aliphatic heterocycles. The van der Waals surface area contributed by atoms with Gasteiger partial charge >= 0.3 is 5.97 Å². The zero-order valence-corrected chi connectivity index (χ0v) is 21.4. The molecule has 0 aromatic heterocycles. The van der Waals surface area contributed by atoms with Gasteiger partial charge in [0.15, 0.2) is 5.17 Å². The van der Waals surface area contributed by atoms with E-state index in [0.29, 0.717) is 22.2 Å². The molecule has 0 saturated carbocycles. The van der Waals surface area contributed by atoms with Crippen molar-refractivity contribution in [2.24, 2.45) is 4.99 Å². The van der Waals surface area contributed by atoms with Gasteiger partial charge < -0.3 is 19.7 Å². The summed E-state index contributed by atoms with van der Waals surface area (Å²) in [5.41, 5.74) is 3.37. The molecule has 2 aliphatic rings. The van der Waals surface area contributed by atoms with Gasteiger partial charge in [0, 0.05) is 12.2 Å². The fourth-order valence-electron chi connectivity index (χ4n) is 4.04. The zero-order chi connectivity index (χ0) is 25.8. The second-order valence-electron chi connectivity index (χ2n) is 8.70. The topological polar surface area (TPSA) is 80.2 Å². The molecule has 2 aromatic carbocycles. The standard InChI is InChI=1S/C27H28FN3O4S/c1-16(2)35-26(33)24-17(3)30-27-31(25(24)19-7-11-22(34-4)12-8-19)21(15-36-27)13-23(32)29-14-18-5-9-20(28)10-6-18/h5-12,15-16,25H,13-14H2,1-4H3,(H,29,32)/t25-/m1/s1. The number of hydrogen-bond donors (Lipinski definition) is 1. The molecule has 2 heterocycles. The molecule has 36 heavy (non-hydrogen) atoms. The molecule has 9 heteroatoms. The van der Waals surface area contributed by atoms with Gasteiger partial charge in [0.2, 0.25) is 5.91 Å². The molecule has 0 radical (unpaired) electrons. The third-order valence-corrected chi connectivity index (χ3v) is 6.63. The van der Waals surface area contributed by atoms with Gasteiger partial charge in [0.1, 0.15) is 11.6 Å². The number of fused-ring (bicyclic) bond motifs is 1. The summed E-state index contributed by atoms with van der Waals surface area (Å²) in [4.78, 5) is 32.6. The van der Waals surface area contributed by atoms with E-state index in [-0.39, 0.29) is 30.8 Å². The SMILES string of the molecule is COc1ccc([C@@H]2C(C(=O)OC(C)C)=C(C)N=C3SC=C(CC(=O)NCc4ccc(F)cc4)N32)cc1. The first-order valence-electron chi connectivity index (χ1n) is 11.6. The van der Waals surface area contributed by atoms with Crippen LogP contribution in [0.1, 0.15) is 44.4 Å². The Morgan fingerprint density at radius 3 is 2.47 bits per heavy atom. The van der Waals surface area contributed by atoms with Crippen LogP contribution in [0.3, 0.4) is 0 Å². The number of aliphatic imine (C=N–C) groups is 1. The number of rotatable bonds is 8. The van der Waals surface area contributed by atoms with Gasteiger partial charge in [-0.3, -0.25) is 4.79 Å². The lowest BCUT2D eigenvalue weighted by Crippen LogP contribution is -2.38.